The summed E-state index contributed by atoms with van der Waals surface area (Å²) in [5, 5.41) is 4.51. The van der Waals surface area contributed by atoms with Crippen LogP contribution in [0.3, 0.4) is 0 Å². The zero-order valence-electron chi connectivity index (χ0n) is 11.7. The first-order valence-corrected chi connectivity index (χ1v) is 6.93. The van der Waals surface area contributed by atoms with Gasteiger partial charge in [-0.3, -0.25) is 19.2 Å². The summed E-state index contributed by atoms with van der Waals surface area (Å²) in [5.41, 5.74) is 4.83. The van der Waals surface area contributed by atoms with Crippen LogP contribution in [0.1, 0.15) is 24.0 Å². The van der Waals surface area contributed by atoms with E-state index >= 15 is 0 Å². The third kappa shape index (κ3) is 2.03. The van der Waals surface area contributed by atoms with Crippen molar-refractivity contribution in [3.05, 3.63) is 34.2 Å². The fraction of sp³-hybridized carbons (Fsp3) is 0.385. The Morgan fingerprint density at radius 2 is 2.10 bits per heavy atom. The molecule has 0 fully saturated rings. The molecule has 3 aromatic heterocycles. The molecule has 7 heteroatoms. The summed E-state index contributed by atoms with van der Waals surface area (Å²) < 4.78 is 4.56. The number of nitrogens with one attached hydrogen (secondary N) is 1. The van der Waals surface area contributed by atoms with Gasteiger partial charge < -0.3 is 4.98 Å². The maximum absolute atomic E-state index is 5.42. The number of aryl methyl sites for hydroxylation is 3. The molecule has 0 saturated carbocycles. The normalized spacial score (nSPS) is 11.3. The standard InChI is InChI=1S/C13H16N6S/c1-4-10-11-12(18(3)17-10)19(13(20)16-11)7-9-6-14-8(2)5-15-9/h5-6H,4,7H2,1-3H3,(H,16,20). The van der Waals surface area contributed by atoms with Crippen molar-refractivity contribution in [1.82, 2.24) is 29.3 Å². The van der Waals surface area contributed by atoms with Crippen LogP contribution >= 0.6 is 12.2 Å². The Morgan fingerprint density at radius 3 is 2.75 bits per heavy atom. The Hall–Kier alpha value is -2.02. The Kier molecular flexibility index (Phi) is 3.13. The highest BCUT2D eigenvalue weighted by molar-refractivity contribution is 7.71. The number of aromatic amines is 1. The van der Waals surface area contributed by atoms with Crippen LogP contribution < -0.4 is 0 Å². The van der Waals surface area contributed by atoms with E-state index in [0.29, 0.717) is 11.3 Å². The van der Waals surface area contributed by atoms with E-state index in [4.69, 9.17) is 12.2 Å². The SMILES string of the molecule is CCc1nn(C)c2c1[nH]c(=S)n2Cc1cnc(C)cn1. The van der Waals surface area contributed by atoms with Crippen LogP contribution in [0.4, 0.5) is 0 Å². The Labute approximate surface area is 121 Å². The molecule has 20 heavy (non-hydrogen) atoms. The number of hydrogen-bond donors (Lipinski definition) is 1. The molecule has 0 amide bonds. The van der Waals surface area contributed by atoms with Gasteiger partial charge >= 0.3 is 0 Å². The van der Waals surface area contributed by atoms with Crippen molar-refractivity contribution in [2.45, 2.75) is 26.8 Å². The summed E-state index contributed by atoms with van der Waals surface area (Å²) in [7, 11) is 1.93. The molecule has 0 bridgehead atoms. The Morgan fingerprint density at radius 1 is 1.30 bits per heavy atom. The monoisotopic (exact) mass is 288 g/mol. The smallest absolute Gasteiger partial charge is 0.179 e. The van der Waals surface area contributed by atoms with Crippen molar-refractivity contribution in [2.24, 2.45) is 7.05 Å². The van der Waals surface area contributed by atoms with Crippen molar-refractivity contribution in [2.75, 3.05) is 0 Å². The molecule has 104 valence electrons. The van der Waals surface area contributed by atoms with Crippen LogP contribution in [0, 0.1) is 11.7 Å². The predicted molar refractivity (Wildman–Crippen MR) is 79.1 cm³/mol. The zero-order valence-corrected chi connectivity index (χ0v) is 12.5. The van der Waals surface area contributed by atoms with Gasteiger partial charge in [0.05, 0.1) is 29.8 Å². The van der Waals surface area contributed by atoms with E-state index in [1.165, 1.54) is 0 Å². The van der Waals surface area contributed by atoms with Gasteiger partial charge in [0.1, 0.15) is 5.52 Å². The van der Waals surface area contributed by atoms with Crippen LogP contribution in [0.2, 0.25) is 0 Å². The lowest BCUT2D eigenvalue weighted by atomic mass is 10.3. The van der Waals surface area contributed by atoms with Crippen molar-refractivity contribution >= 4 is 23.4 Å². The largest absolute Gasteiger partial charge is 0.328 e. The van der Waals surface area contributed by atoms with E-state index < -0.39 is 0 Å². The third-order valence-electron chi connectivity index (χ3n) is 3.31. The van der Waals surface area contributed by atoms with Crippen molar-refractivity contribution < 1.29 is 0 Å². The van der Waals surface area contributed by atoms with E-state index in [1.54, 1.807) is 12.4 Å². The summed E-state index contributed by atoms with van der Waals surface area (Å²) >= 11 is 5.42. The van der Waals surface area contributed by atoms with Crippen molar-refractivity contribution in [3.63, 3.8) is 0 Å². The number of hydrogen-bond acceptors (Lipinski definition) is 4. The first-order chi connectivity index (χ1) is 9.60. The number of nitrogens with zero attached hydrogens (tertiary/aromatic N) is 5. The first-order valence-electron chi connectivity index (χ1n) is 6.52. The number of fused-ring (bicyclic) bond motifs is 1. The van der Waals surface area contributed by atoms with Gasteiger partial charge in [0.25, 0.3) is 0 Å². The van der Waals surface area contributed by atoms with Gasteiger partial charge in [-0.05, 0) is 25.6 Å². The summed E-state index contributed by atoms with van der Waals surface area (Å²) in [6.07, 6.45) is 4.42. The third-order valence-corrected chi connectivity index (χ3v) is 3.63. The lowest BCUT2D eigenvalue weighted by molar-refractivity contribution is 0.700. The fourth-order valence-corrected chi connectivity index (χ4v) is 2.59. The lowest BCUT2D eigenvalue weighted by Gasteiger charge is -2.04. The van der Waals surface area contributed by atoms with Gasteiger partial charge in [0.2, 0.25) is 0 Å². The van der Waals surface area contributed by atoms with Crippen LogP contribution in [0.5, 0.6) is 0 Å². The van der Waals surface area contributed by atoms with Crippen LogP contribution in [0.25, 0.3) is 11.2 Å². The number of imidazole rings is 1. The molecule has 0 atom stereocenters. The minimum absolute atomic E-state index is 0.592. The van der Waals surface area contributed by atoms with E-state index in [9.17, 15) is 0 Å². The highest BCUT2D eigenvalue weighted by atomic mass is 32.1. The molecule has 3 heterocycles. The Balaban J connectivity index is 2.11. The average Bonchev–Trinajstić information content (AvgIpc) is 2.91. The number of rotatable bonds is 3. The van der Waals surface area contributed by atoms with Gasteiger partial charge in [0.15, 0.2) is 10.4 Å². The fourth-order valence-electron chi connectivity index (χ4n) is 2.33. The molecular formula is C13H16N6S. The summed E-state index contributed by atoms with van der Waals surface area (Å²) in [6, 6.07) is 0. The molecule has 1 N–H and O–H groups in total. The molecule has 0 saturated heterocycles. The molecule has 0 aliphatic heterocycles. The maximum Gasteiger partial charge on any atom is 0.179 e. The van der Waals surface area contributed by atoms with Gasteiger partial charge in [-0.25, -0.2) is 0 Å². The van der Waals surface area contributed by atoms with Crippen LogP contribution in [-0.4, -0.2) is 29.3 Å². The van der Waals surface area contributed by atoms with E-state index in [2.05, 4.69) is 27.0 Å². The average molecular weight is 288 g/mol. The second kappa shape index (κ2) is 4.82. The van der Waals surface area contributed by atoms with E-state index in [1.807, 2.05) is 23.2 Å². The minimum Gasteiger partial charge on any atom is -0.328 e. The van der Waals surface area contributed by atoms with Crippen LogP contribution in [-0.2, 0) is 20.0 Å². The molecule has 0 aliphatic carbocycles. The lowest BCUT2D eigenvalue weighted by Crippen LogP contribution is -2.06. The molecule has 0 aromatic carbocycles. The summed E-state index contributed by atoms with van der Waals surface area (Å²) in [6.45, 7) is 4.60. The van der Waals surface area contributed by atoms with E-state index in [-0.39, 0.29) is 0 Å². The molecule has 0 spiro atoms. The molecule has 0 unspecified atom stereocenters. The molecule has 0 radical (unpaired) electrons. The zero-order chi connectivity index (χ0) is 14.3. The second-order valence-corrected chi connectivity index (χ2v) is 5.17. The highest BCUT2D eigenvalue weighted by Gasteiger charge is 2.14. The summed E-state index contributed by atoms with van der Waals surface area (Å²) in [5.74, 6) is 0. The first kappa shape index (κ1) is 13.0. The van der Waals surface area contributed by atoms with Crippen LogP contribution in [0.15, 0.2) is 12.4 Å². The predicted octanol–water partition coefficient (Wildman–Crippen LogP) is 2.14. The van der Waals surface area contributed by atoms with E-state index in [0.717, 1.165) is 34.7 Å². The van der Waals surface area contributed by atoms with Crippen molar-refractivity contribution in [3.8, 4) is 0 Å². The minimum atomic E-state index is 0.592. The van der Waals surface area contributed by atoms with Gasteiger partial charge in [-0.1, -0.05) is 6.92 Å². The quantitative estimate of drug-likeness (QED) is 0.750. The molecule has 6 nitrogen and oxygen atoms in total. The molecule has 0 aliphatic rings. The maximum atomic E-state index is 5.42. The van der Waals surface area contributed by atoms with Crippen molar-refractivity contribution in [1.29, 1.82) is 0 Å². The molecule has 3 rings (SSSR count). The molecular weight excluding hydrogens is 272 g/mol. The summed E-state index contributed by atoms with van der Waals surface area (Å²) in [4.78, 5) is 11.9. The topological polar surface area (TPSA) is 64.3 Å². The Bertz CT molecular complexity index is 808. The molecule has 3 aromatic rings. The van der Waals surface area contributed by atoms with Gasteiger partial charge in [-0.2, -0.15) is 5.10 Å². The van der Waals surface area contributed by atoms with Gasteiger partial charge in [0, 0.05) is 13.2 Å². The van der Waals surface area contributed by atoms with Gasteiger partial charge in [-0.15, -0.1) is 0 Å². The highest BCUT2D eigenvalue weighted by Crippen LogP contribution is 2.19. The number of aromatic nitrogens is 6. The second-order valence-electron chi connectivity index (χ2n) is 4.79. The number of H-pyrrole nitrogens is 1.